The summed E-state index contributed by atoms with van der Waals surface area (Å²) in [7, 11) is 1.90. The van der Waals surface area contributed by atoms with Gasteiger partial charge in [-0.25, -0.2) is 0 Å². The third-order valence-electron chi connectivity index (χ3n) is 3.99. The number of hydrogen-bond acceptors (Lipinski definition) is 5. The zero-order chi connectivity index (χ0) is 13.9. The van der Waals surface area contributed by atoms with Crippen LogP contribution in [-0.4, -0.2) is 34.8 Å². The molecule has 1 fully saturated rings. The number of carbonyl (C=O) groups is 1. The fraction of sp³-hybridized carbons (Fsp3) is 0.769. The van der Waals surface area contributed by atoms with E-state index in [2.05, 4.69) is 10.1 Å². The van der Waals surface area contributed by atoms with E-state index in [9.17, 15) is 4.79 Å². The van der Waals surface area contributed by atoms with E-state index in [0.717, 1.165) is 32.2 Å². The average Bonchev–Trinajstić information content (AvgIpc) is 2.98. The highest BCUT2D eigenvalue weighted by molar-refractivity contribution is 5.67. The van der Waals surface area contributed by atoms with Crippen LogP contribution >= 0.6 is 0 Å². The quantitative estimate of drug-likeness (QED) is 0.850. The number of aliphatic carboxylic acids is 1. The smallest absolute Gasteiger partial charge is 0.303 e. The summed E-state index contributed by atoms with van der Waals surface area (Å²) in [5, 5.41) is 13.0. The highest BCUT2D eigenvalue weighted by Gasteiger charge is 2.38. The Morgan fingerprint density at radius 3 is 2.74 bits per heavy atom. The van der Waals surface area contributed by atoms with Crippen LogP contribution in [0.1, 0.15) is 44.9 Å². The molecule has 2 rings (SSSR count). The number of carboxylic acids is 1. The van der Waals surface area contributed by atoms with Gasteiger partial charge in [-0.3, -0.25) is 4.79 Å². The SMILES string of the molecule is CCN(C)c1noc(CC2(CC(=O)O)CCCC2)n1. The van der Waals surface area contributed by atoms with Crippen LogP contribution in [0.15, 0.2) is 4.52 Å². The monoisotopic (exact) mass is 267 g/mol. The fourth-order valence-electron chi connectivity index (χ4n) is 2.80. The predicted molar refractivity (Wildman–Crippen MR) is 70.1 cm³/mol. The summed E-state index contributed by atoms with van der Waals surface area (Å²) >= 11 is 0. The molecule has 1 N–H and O–H groups in total. The summed E-state index contributed by atoms with van der Waals surface area (Å²) in [5.41, 5.74) is -0.194. The topological polar surface area (TPSA) is 79.5 Å². The lowest BCUT2D eigenvalue weighted by Gasteiger charge is -2.24. The molecule has 0 radical (unpaired) electrons. The molecule has 1 aromatic rings. The number of hydrogen-bond donors (Lipinski definition) is 1. The van der Waals surface area contributed by atoms with Crippen molar-refractivity contribution in [3.05, 3.63) is 5.89 Å². The van der Waals surface area contributed by atoms with Gasteiger partial charge in [0.1, 0.15) is 0 Å². The van der Waals surface area contributed by atoms with Crippen LogP contribution in [0.5, 0.6) is 0 Å². The minimum absolute atomic E-state index is 0.189. The van der Waals surface area contributed by atoms with Crippen LogP contribution < -0.4 is 4.90 Å². The van der Waals surface area contributed by atoms with Gasteiger partial charge in [-0.05, 0) is 30.3 Å². The van der Waals surface area contributed by atoms with Crippen molar-refractivity contribution in [2.24, 2.45) is 5.41 Å². The number of carboxylic acid groups (broad SMARTS) is 1. The molecule has 6 heteroatoms. The van der Waals surface area contributed by atoms with Crippen LogP contribution in [-0.2, 0) is 11.2 Å². The molecule has 106 valence electrons. The maximum atomic E-state index is 11.0. The second-order valence-electron chi connectivity index (χ2n) is 5.46. The Balaban J connectivity index is 2.09. The Kier molecular flexibility index (Phi) is 4.07. The fourth-order valence-corrected chi connectivity index (χ4v) is 2.80. The van der Waals surface area contributed by atoms with E-state index in [0.29, 0.717) is 18.3 Å². The maximum Gasteiger partial charge on any atom is 0.303 e. The molecule has 1 aliphatic carbocycles. The van der Waals surface area contributed by atoms with Crippen LogP contribution in [0, 0.1) is 5.41 Å². The van der Waals surface area contributed by atoms with Crippen molar-refractivity contribution < 1.29 is 14.4 Å². The Hall–Kier alpha value is -1.59. The third-order valence-corrected chi connectivity index (χ3v) is 3.99. The molecule has 6 nitrogen and oxygen atoms in total. The lowest BCUT2D eigenvalue weighted by atomic mass is 9.79. The first kappa shape index (κ1) is 13.8. The van der Waals surface area contributed by atoms with E-state index in [1.807, 2.05) is 18.9 Å². The van der Waals surface area contributed by atoms with Crippen LogP contribution in [0.4, 0.5) is 5.95 Å². The lowest BCUT2D eigenvalue weighted by Crippen LogP contribution is -2.24. The van der Waals surface area contributed by atoms with Crippen molar-refractivity contribution in [3.63, 3.8) is 0 Å². The van der Waals surface area contributed by atoms with E-state index in [1.54, 1.807) is 0 Å². The van der Waals surface area contributed by atoms with E-state index in [1.165, 1.54) is 0 Å². The molecule has 0 unspecified atom stereocenters. The second kappa shape index (κ2) is 5.59. The molecule has 0 aliphatic heterocycles. The number of nitrogens with zero attached hydrogens (tertiary/aromatic N) is 3. The normalized spacial score (nSPS) is 17.6. The summed E-state index contributed by atoms with van der Waals surface area (Å²) in [6.45, 7) is 2.82. The largest absolute Gasteiger partial charge is 0.481 e. The van der Waals surface area contributed by atoms with Gasteiger partial charge in [-0.1, -0.05) is 12.8 Å². The van der Waals surface area contributed by atoms with Crippen molar-refractivity contribution in [1.29, 1.82) is 0 Å². The third kappa shape index (κ3) is 3.24. The molecule has 1 saturated carbocycles. The molecule has 0 aromatic carbocycles. The molecule has 19 heavy (non-hydrogen) atoms. The van der Waals surface area contributed by atoms with Gasteiger partial charge < -0.3 is 14.5 Å². The van der Waals surface area contributed by atoms with Gasteiger partial charge in [0.15, 0.2) is 0 Å². The van der Waals surface area contributed by atoms with Gasteiger partial charge in [0.05, 0.1) is 6.42 Å². The Bertz CT molecular complexity index is 438. The first-order valence-corrected chi connectivity index (χ1v) is 6.80. The zero-order valence-corrected chi connectivity index (χ0v) is 11.6. The van der Waals surface area contributed by atoms with Crippen molar-refractivity contribution >= 4 is 11.9 Å². The highest BCUT2D eigenvalue weighted by atomic mass is 16.5. The lowest BCUT2D eigenvalue weighted by molar-refractivity contribution is -0.139. The number of aromatic nitrogens is 2. The van der Waals surface area contributed by atoms with E-state index in [-0.39, 0.29) is 11.8 Å². The molecular weight excluding hydrogens is 246 g/mol. The second-order valence-corrected chi connectivity index (χ2v) is 5.46. The first-order chi connectivity index (χ1) is 9.04. The van der Waals surface area contributed by atoms with Crippen molar-refractivity contribution in [1.82, 2.24) is 10.1 Å². The maximum absolute atomic E-state index is 11.0. The van der Waals surface area contributed by atoms with Gasteiger partial charge >= 0.3 is 5.97 Å². The molecule has 0 amide bonds. The molecule has 1 heterocycles. The molecule has 0 spiro atoms. The van der Waals surface area contributed by atoms with Crippen LogP contribution in [0.25, 0.3) is 0 Å². The minimum atomic E-state index is -0.743. The van der Waals surface area contributed by atoms with Gasteiger partial charge in [0, 0.05) is 20.0 Å². The molecule has 0 bridgehead atoms. The van der Waals surface area contributed by atoms with Gasteiger partial charge in [-0.2, -0.15) is 4.98 Å². The number of rotatable bonds is 6. The van der Waals surface area contributed by atoms with Crippen molar-refractivity contribution in [2.75, 3.05) is 18.5 Å². The van der Waals surface area contributed by atoms with Crippen LogP contribution in [0.3, 0.4) is 0 Å². The summed E-state index contributed by atoms with van der Waals surface area (Å²) in [6.07, 6.45) is 4.80. The van der Waals surface area contributed by atoms with E-state index >= 15 is 0 Å². The van der Waals surface area contributed by atoms with Crippen molar-refractivity contribution in [2.45, 2.75) is 45.4 Å². The molecular formula is C13H21N3O3. The van der Waals surface area contributed by atoms with Gasteiger partial charge in [-0.15, -0.1) is 0 Å². The zero-order valence-electron chi connectivity index (χ0n) is 11.6. The Morgan fingerprint density at radius 1 is 1.47 bits per heavy atom. The summed E-state index contributed by atoms with van der Waals surface area (Å²) in [6, 6.07) is 0. The molecule has 0 saturated heterocycles. The standard InChI is InChI=1S/C13H21N3O3/c1-3-16(2)12-14-10(19-15-12)8-13(9-11(17)18)6-4-5-7-13/h3-9H2,1-2H3,(H,17,18). The van der Waals surface area contributed by atoms with Crippen LogP contribution in [0.2, 0.25) is 0 Å². The van der Waals surface area contributed by atoms with Gasteiger partial charge in [0.25, 0.3) is 5.95 Å². The van der Waals surface area contributed by atoms with E-state index < -0.39 is 5.97 Å². The Morgan fingerprint density at radius 2 is 2.16 bits per heavy atom. The molecule has 1 aliphatic rings. The highest BCUT2D eigenvalue weighted by Crippen LogP contribution is 2.43. The predicted octanol–water partition coefficient (Wildman–Crippen LogP) is 2.10. The average molecular weight is 267 g/mol. The molecule has 1 aromatic heterocycles. The number of anilines is 1. The summed E-state index contributed by atoms with van der Waals surface area (Å²) in [5.74, 6) is 0.381. The van der Waals surface area contributed by atoms with E-state index in [4.69, 9.17) is 9.63 Å². The van der Waals surface area contributed by atoms with Crippen molar-refractivity contribution in [3.8, 4) is 0 Å². The van der Waals surface area contributed by atoms with Gasteiger partial charge in [0.2, 0.25) is 5.89 Å². The Labute approximate surface area is 112 Å². The summed E-state index contributed by atoms with van der Waals surface area (Å²) in [4.78, 5) is 17.3. The summed E-state index contributed by atoms with van der Waals surface area (Å²) < 4.78 is 5.26. The first-order valence-electron chi connectivity index (χ1n) is 6.80. The minimum Gasteiger partial charge on any atom is -0.481 e. The molecule has 0 atom stereocenters.